The Morgan fingerprint density at radius 1 is 1.03 bits per heavy atom. The quantitative estimate of drug-likeness (QED) is 0.342. The topological polar surface area (TPSA) is 72.5 Å². The second-order valence-corrected chi connectivity index (χ2v) is 8.33. The first kappa shape index (κ1) is 23.6. The summed E-state index contributed by atoms with van der Waals surface area (Å²) in [5.74, 6) is 1.83. The van der Waals surface area contributed by atoms with Gasteiger partial charge in [0.2, 0.25) is 5.95 Å². The maximum Gasteiger partial charge on any atom is 0.293 e. The van der Waals surface area contributed by atoms with E-state index in [2.05, 4.69) is 33.6 Å². The zero-order valence-electron chi connectivity index (χ0n) is 20.3. The molecule has 7 nitrogen and oxygen atoms in total. The molecular weight excluding hydrogens is 428 g/mol. The van der Waals surface area contributed by atoms with E-state index >= 15 is 0 Å². The van der Waals surface area contributed by atoms with E-state index in [0.717, 1.165) is 54.1 Å². The highest BCUT2D eigenvalue weighted by molar-refractivity contribution is 6.02. The number of furan rings is 1. The molecule has 0 aliphatic rings. The van der Waals surface area contributed by atoms with Crippen LogP contribution in [0.1, 0.15) is 41.3 Å². The number of rotatable bonds is 10. The number of para-hydroxylation sites is 3. The molecule has 2 aromatic carbocycles. The number of carbonyl (C=O) groups is 1. The number of fused-ring (bicyclic) bond motifs is 1. The van der Waals surface area contributed by atoms with Gasteiger partial charge in [0.25, 0.3) is 5.91 Å². The highest BCUT2D eigenvalue weighted by atomic mass is 16.5. The minimum atomic E-state index is -0.335. The fraction of sp³-hybridized carbons (Fsp3) is 0.333. The maximum atomic E-state index is 13.0. The third-order valence-electron chi connectivity index (χ3n) is 6.07. The third kappa shape index (κ3) is 5.15. The Balaban J connectivity index is 1.48. The summed E-state index contributed by atoms with van der Waals surface area (Å²) < 4.78 is 13.8. The number of anilines is 1. The molecule has 0 unspecified atom stereocenters. The van der Waals surface area contributed by atoms with E-state index in [1.165, 1.54) is 0 Å². The van der Waals surface area contributed by atoms with Crippen molar-refractivity contribution < 1.29 is 13.9 Å². The summed E-state index contributed by atoms with van der Waals surface area (Å²) in [6, 6.07) is 17.4. The van der Waals surface area contributed by atoms with Crippen molar-refractivity contribution in [3.63, 3.8) is 0 Å². The third-order valence-corrected chi connectivity index (χ3v) is 6.07. The number of likely N-dealkylation sites (N-methyl/N-ethyl adjacent to an activating group) is 1. The zero-order chi connectivity index (χ0) is 24.1. The van der Waals surface area contributed by atoms with E-state index in [-0.39, 0.29) is 18.3 Å². The summed E-state index contributed by atoms with van der Waals surface area (Å²) in [6.07, 6.45) is 0. The van der Waals surface area contributed by atoms with E-state index < -0.39 is 0 Å². The van der Waals surface area contributed by atoms with Crippen LogP contribution < -0.4 is 10.1 Å². The molecule has 178 valence electrons. The minimum Gasteiger partial charge on any atom is -0.485 e. The summed E-state index contributed by atoms with van der Waals surface area (Å²) >= 11 is 0. The predicted octanol–water partition coefficient (Wildman–Crippen LogP) is 5.42. The van der Waals surface area contributed by atoms with Crippen molar-refractivity contribution in [1.29, 1.82) is 0 Å². The number of hydrogen-bond donors (Lipinski definition) is 1. The van der Waals surface area contributed by atoms with Crippen LogP contribution in [0.2, 0.25) is 0 Å². The largest absolute Gasteiger partial charge is 0.485 e. The molecular formula is C27H32N4O3. The zero-order valence-corrected chi connectivity index (χ0v) is 20.3. The number of nitrogens with one attached hydrogen (secondary N) is 1. The Labute approximate surface area is 200 Å². The van der Waals surface area contributed by atoms with Crippen LogP contribution in [-0.4, -0.2) is 40.0 Å². The number of ether oxygens (including phenoxy) is 1. The Hall–Kier alpha value is -3.58. The molecule has 0 saturated carbocycles. The van der Waals surface area contributed by atoms with Crippen molar-refractivity contribution in [1.82, 2.24) is 14.5 Å². The van der Waals surface area contributed by atoms with Gasteiger partial charge in [0.05, 0.1) is 11.0 Å². The second-order valence-electron chi connectivity index (χ2n) is 8.33. The molecule has 2 heterocycles. The smallest absolute Gasteiger partial charge is 0.293 e. The first-order valence-electron chi connectivity index (χ1n) is 11.8. The number of imidazole rings is 1. The standard InChI is InChI=1S/C27H32N4O3/c1-5-30(6-2)16-17-31-23-13-8-7-12-22(23)28-27(31)29-26(32)24-15-14-21(34-24)18-33-25-19(3)10-9-11-20(25)4/h7-15H,5-6,16-18H2,1-4H3,(H,28,29,32). The van der Waals surface area contributed by atoms with Crippen LogP contribution >= 0.6 is 0 Å². The van der Waals surface area contributed by atoms with Crippen LogP contribution in [-0.2, 0) is 13.2 Å². The van der Waals surface area contributed by atoms with Gasteiger partial charge in [-0.15, -0.1) is 0 Å². The van der Waals surface area contributed by atoms with Gasteiger partial charge in [-0.05, 0) is 62.3 Å². The summed E-state index contributed by atoms with van der Waals surface area (Å²) in [5.41, 5.74) is 3.97. The van der Waals surface area contributed by atoms with Crippen LogP contribution in [0.5, 0.6) is 5.75 Å². The van der Waals surface area contributed by atoms with Crippen molar-refractivity contribution in [2.24, 2.45) is 0 Å². The Morgan fingerprint density at radius 3 is 2.50 bits per heavy atom. The van der Waals surface area contributed by atoms with Gasteiger partial charge in [-0.1, -0.05) is 44.2 Å². The minimum absolute atomic E-state index is 0.224. The maximum absolute atomic E-state index is 13.0. The molecule has 4 rings (SSSR count). The van der Waals surface area contributed by atoms with Gasteiger partial charge in [-0.25, -0.2) is 4.98 Å². The highest BCUT2D eigenvalue weighted by Gasteiger charge is 2.18. The predicted molar refractivity (Wildman–Crippen MR) is 134 cm³/mol. The fourth-order valence-corrected chi connectivity index (χ4v) is 4.09. The summed E-state index contributed by atoms with van der Waals surface area (Å²) in [5, 5.41) is 2.94. The van der Waals surface area contributed by atoms with Crippen molar-refractivity contribution >= 4 is 22.9 Å². The average molecular weight is 461 g/mol. The van der Waals surface area contributed by atoms with Crippen molar-refractivity contribution in [2.75, 3.05) is 25.0 Å². The molecule has 0 spiro atoms. The Morgan fingerprint density at radius 2 is 1.76 bits per heavy atom. The lowest BCUT2D eigenvalue weighted by atomic mass is 10.1. The van der Waals surface area contributed by atoms with Gasteiger partial charge in [0, 0.05) is 13.1 Å². The van der Waals surface area contributed by atoms with E-state index in [9.17, 15) is 4.79 Å². The number of hydrogen-bond acceptors (Lipinski definition) is 5. The second kappa shape index (κ2) is 10.6. The van der Waals surface area contributed by atoms with Gasteiger partial charge in [-0.3, -0.25) is 10.1 Å². The lowest BCUT2D eigenvalue weighted by Gasteiger charge is -2.19. The van der Waals surface area contributed by atoms with Gasteiger partial charge < -0.3 is 18.6 Å². The number of nitrogens with zero attached hydrogens (tertiary/aromatic N) is 3. The van der Waals surface area contributed by atoms with Gasteiger partial charge in [0.15, 0.2) is 5.76 Å². The number of aryl methyl sites for hydroxylation is 2. The van der Waals surface area contributed by atoms with Crippen LogP contribution in [0.4, 0.5) is 5.95 Å². The lowest BCUT2D eigenvalue weighted by molar-refractivity contribution is 0.0991. The molecule has 0 atom stereocenters. The molecule has 4 aromatic rings. The van der Waals surface area contributed by atoms with E-state index in [0.29, 0.717) is 11.7 Å². The van der Waals surface area contributed by atoms with Crippen LogP contribution in [0.3, 0.4) is 0 Å². The van der Waals surface area contributed by atoms with Crippen LogP contribution in [0, 0.1) is 13.8 Å². The number of benzene rings is 2. The molecule has 0 radical (unpaired) electrons. The molecule has 0 aliphatic carbocycles. The van der Waals surface area contributed by atoms with Crippen molar-refractivity contribution in [3.8, 4) is 5.75 Å². The van der Waals surface area contributed by atoms with E-state index in [1.54, 1.807) is 12.1 Å². The SMILES string of the molecule is CCN(CC)CCn1c(NC(=O)c2ccc(COc3c(C)cccc3C)o2)nc2ccccc21. The Bertz CT molecular complexity index is 1250. The molecule has 1 N–H and O–H groups in total. The van der Waals surface area contributed by atoms with E-state index in [4.69, 9.17) is 9.15 Å². The number of amides is 1. The van der Waals surface area contributed by atoms with Crippen molar-refractivity contribution in [2.45, 2.75) is 40.8 Å². The average Bonchev–Trinajstić information content (AvgIpc) is 3.44. The fourth-order valence-electron chi connectivity index (χ4n) is 4.09. The first-order valence-corrected chi connectivity index (χ1v) is 11.8. The molecule has 0 aliphatic heterocycles. The monoisotopic (exact) mass is 460 g/mol. The Kier molecular flexibility index (Phi) is 7.33. The normalized spacial score (nSPS) is 11.3. The molecule has 1 amide bonds. The number of carbonyl (C=O) groups excluding carboxylic acids is 1. The van der Waals surface area contributed by atoms with Crippen LogP contribution in [0.25, 0.3) is 11.0 Å². The summed E-state index contributed by atoms with van der Waals surface area (Å²) in [6.45, 7) is 12.1. The van der Waals surface area contributed by atoms with Crippen molar-refractivity contribution in [3.05, 3.63) is 77.2 Å². The lowest BCUT2D eigenvalue weighted by Crippen LogP contribution is -2.27. The van der Waals surface area contributed by atoms with Gasteiger partial charge >= 0.3 is 0 Å². The number of aromatic nitrogens is 2. The molecule has 7 heteroatoms. The molecule has 2 aromatic heterocycles. The summed E-state index contributed by atoms with van der Waals surface area (Å²) in [7, 11) is 0. The molecule has 34 heavy (non-hydrogen) atoms. The summed E-state index contributed by atoms with van der Waals surface area (Å²) in [4.78, 5) is 20.0. The molecule has 0 saturated heterocycles. The molecule has 0 bridgehead atoms. The first-order chi connectivity index (χ1) is 16.5. The van der Waals surface area contributed by atoms with E-state index in [1.807, 2.05) is 56.3 Å². The van der Waals surface area contributed by atoms with Crippen LogP contribution in [0.15, 0.2) is 59.0 Å². The van der Waals surface area contributed by atoms with Gasteiger partial charge in [-0.2, -0.15) is 0 Å². The molecule has 0 fully saturated rings. The van der Waals surface area contributed by atoms with Gasteiger partial charge in [0.1, 0.15) is 18.1 Å². The highest BCUT2D eigenvalue weighted by Crippen LogP contribution is 2.24.